The quantitative estimate of drug-likeness (QED) is 0.160. The molecule has 404 valence electrons. The van der Waals surface area contributed by atoms with Crippen molar-refractivity contribution >= 4 is 82.5 Å². The normalized spacial score (nSPS) is 32.2. The molecule has 5 aliphatic heterocycles. The van der Waals surface area contributed by atoms with Crippen LogP contribution in [0.3, 0.4) is 0 Å². The lowest BCUT2D eigenvalue weighted by Gasteiger charge is -2.42. The number of benzene rings is 1. The Labute approximate surface area is 438 Å². The summed E-state index contributed by atoms with van der Waals surface area (Å²) in [6, 6.07) is 2.36. The van der Waals surface area contributed by atoms with Gasteiger partial charge in [-0.1, -0.05) is 42.3 Å². The van der Waals surface area contributed by atoms with Crippen LogP contribution in [0.4, 0.5) is 10.5 Å². The van der Waals surface area contributed by atoms with Crippen molar-refractivity contribution in [2.24, 2.45) is 17.8 Å². The Morgan fingerprint density at radius 2 is 1.70 bits per heavy atom. The first-order valence-corrected chi connectivity index (χ1v) is 26.3. The summed E-state index contributed by atoms with van der Waals surface area (Å²) in [5, 5.41) is 14.4. The molecule has 0 spiro atoms. The highest BCUT2D eigenvalue weighted by Crippen LogP contribution is 2.49. The summed E-state index contributed by atoms with van der Waals surface area (Å²) >= 11 is 7.98. The Hall–Kier alpha value is -5.55. The van der Waals surface area contributed by atoms with E-state index in [9.17, 15) is 48.3 Å². The highest BCUT2D eigenvalue weighted by molar-refractivity contribution is 8.00. The number of halogens is 1. The molecule has 5 heterocycles. The highest BCUT2D eigenvalue weighted by Gasteiger charge is 2.64. The van der Waals surface area contributed by atoms with E-state index < -0.39 is 107 Å². The van der Waals surface area contributed by atoms with E-state index in [2.05, 4.69) is 5.32 Å². The highest BCUT2D eigenvalue weighted by atomic mass is 35.5. The van der Waals surface area contributed by atoms with E-state index in [1.54, 1.807) is 38.1 Å². The van der Waals surface area contributed by atoms with Crippen LogP contribution in [-0.4, -0.2) is 161 Å². The number of nitrogens with one attached hydrogen (secondary N) is 1. The monoisotopic (exact) mass is 1070 g/mol. The van der Waals surface area contributed by atoms with Gasteiger partial charge in [0.15, 0.2) is 5.72 Å². The van der Waals surface area contributed by atoms with E-state index in [4.69, 9.17) is 40.1 Å². The minimum absolute atomic E-state index is 0.00240. The predicted molar refractivity (Wildman–Crippen MR) is 266 cm³/mol. The summed E-state index contributed by atoms with van der Waals surface area (Å²) in [5.41, 5.74) is -1.23. The molecule has 6 aliphatic rings. The topological polar surface area (TPSA) is 258 Å². The Kier molecular flexibility index (Phi) is 17.6. The lowest BCUT2D eigenvalue weighted by Crippen LogP contribution is -2.63. The summed E-state index contributed by atoms with van der Waals surface area (Å²) in [6.45, 7) is 6.99. The molecule has 0 unspecified atom stereocenters. The summed E-state index contributed by atoms with van der Waals surface area (Å²) in [4.78, 5) is 127. The number of hydrogen-bond acceptors (Lipinski definition) is 17. The number of hydroxylamine groups is 2. The van der Waals surface area contributed by atoms with Crippen molar-refractivity contribution in [1.82, 2.24) is 20.2 Å². The number of allylic oxidation sites excluding steroid dienone is 3. The fourth-order valence-electron chi connectivity index (χ4n) is 10.3. The van der Waals surface area contributed by atoms with Gasteiger partial charge in [0.1, 0.15) is 40.7 Å². The maximum atomic E-state index is 14.4. The van der Waals surface area contributed by atoms with E-state index in [0.717, 1.165) is 11.1 Å². The zero-order valence-corrected chi connectivity index (χ0v) is 44.5. The summed E-state index contributed by atoms with van der Waals surface area (Å²) in [5.74, 6) is -4.93. The number of esters is 1. The molecule has 1 aromatic rings. The van der Waals surface area contributed by atoms with Crippen LogP contribution in [0.25, 0.3) is 0 Å². The molecular weight excluding hydrogens is 1010 g/mol. The largest absolute Gasteiger partial charge is 0.495 e. The van der Waals surface area contributed by atoms with E-state index >= 15 is 0 Å². The van der Waals surface area contributed by atoms with Crippen LogP contribution in [0.1, 0.15) is 97.5 Å². The number of likely N-dealkylation sites (tertiary alicyclic amines) is 1. The molecule has 5 fully saturated rings. The average Bonchev–Trinajstić information content (AvgIpc) is 3.87. The number of aliphatic hydroxyl groups is 1. The van der Waals surface area contributed by atoms with Gasteiger partial charge in [0.05, 0.1) is 36.5 Å². The van der Waals surface area contributed by atoms with Crippen LogP contribution < -0.4 is 15.0 Å². The van der Waals surface area contributed by atoms with Gasteiger partial charge in [0.25, 0.3) is 11.8 Å². The molecule has 0 aromatic heterocycles. The number of carbonyl (C=O) groups excluding carboxylic acids is 9. The second-order valence-corrected chi connectivity index (χ2v) is 22.0. The average molecular weight is 1070 g/mol. The van der Waals surface area contributed by atoms with Crippen LogP contribution in [0.5, 0.6) is 5.75 Å². The first-order valence-electron chi connectivity index (χ1n) is 24.9. The van der Waals surface area contributed by atoms with Crippen molar-refractivity contribution in [3.05, 3.63) is 46.5 Å². The molecule has 9 atom stereocenters. The van der Waals surface area contributed by atoms with Gasteiger partial charge in [-0.25, -0.2) is 14.4 Å². The maximum Gasteiger partial charge on any atom is 0.409 e. The predicted octanol–water partition coefficient (Wildman–Crippen LogP) is 4.18. The zero-order chi connectivity index (χ0) is 54.0. The second kappa shape index (κ2) is 23.1. The van der Waals surface area contributed by atoms with Gasteiger partial charge in [-0.3, -0.25) is 39.0 Å². The minimum atomic E-state index is -1.89. The molecule has 4 saturated heterocycles. The molecule has 2 N–H and O–H groups in total. The first-order chi connectivity index (χ1) is 35.0. The Morgan fingerprint density at radius 3 is 2.36 bits per heavy atom. The number of nitrogens with zero attached hydrogens (tertiary/aromatic N) is 4. The van der Waals surface area contributed by atoms with Gasteiger partial charge in [0, 0.05) is 71.5 Å². The van der Waals surface area contributed by atoms with E-state index in [1.165, 1.54) is 61.7 Å². The molecular formula is C51H66ClN5O16S. The molecule has 4 bridgehead atoms. The number of imide groups is 2. The number of alkyl carbamates (subject to hydrolysis) is 1. The third-order valence-electron chi connectivity index (χ3n) is 15.2. The fourth-order valence-corrected chi connectivity index (χ4v) is 11.7. The van der Waals surface area contributed by atoms with Crippen LogP contribution in [0.15, 0.2) is 35.9 Å². The van der Waals surface area contributed by atoms with Crippen LogP contribution in [0.2, 0.25) is 5.02 Å². The third-order valence-corrected chi connectivity index (χ3v) is 16.8. The minimum Gasteiger partial charge on any atom is -0.495 e. The number of thioether (sulfide) groups is 1. The number of amides is 7. The molecule has 1 saturated carbocycles. The van der Waals surface area contributed by atoms with Crippen molar-refractivity contribution in [3.8, 4) is 5.75 Å². The Bertz CT molecular complexity index is 2470. The number of epoxide rings is 1. The van der Waals surface area contributed by atoms with Gasteiger partial charge in [0.2, 0.25) is 23.6 Å². The van der Waals surface area contributed by atoms with Crippen LogP contribution >= 0.6 is 23.4 Å². The van der Waals surface area contributed by atoms with E-state index in [-0.39, 0.29) is 67.2 Å². The third kappa shape index (κ3) is 12.2. The lowest BCUT2D eigenvalue weighted by atomic mass is 9.82. The van der Waals surface area contributed by atoms with Crippen molar-refractivity contribution in [1.29, 1.82) is 0 Å². The molecule has 21 nitrogen and oxygen atoms in total. The molecule has 1 aromatic carbocycles. The number of hydrogen-bond donors (Lipinski definition) is 2. The lowest BCUT2D eigenvalue weighted by molar-refractivity contribution is -0.201. The number of carbonyl (C=O) groups is 9. The molecule has 23 heteroatoms. The van der Waals surface area contributed by atoms with Crippen molar-refractivity contribution in [3.63, 3.8) is 0 Å². The Morgan fingerprint density at radius 1 is 1.01 bits per heavy atom. The van der Waals surface area contributed by atoms with Gasteiger partial charge >= 0.3 is 18.0 Å². The molecule has 7 rings (SSSR count). The molecule has 1 aliphatic carbocycles. The summed E-state index contributed by atoms with van der Waals surface area (Å²) in [6.07, 6.45) is 2.04. The van der Waals surface area contributed by atoms with Crippen molar-refractivity contribution in [2.75, 3.05) is 45.5 Å². The molecule has 7 amide bonds. The number of methoxy groups -OCH3 is 2. The van der Waals surface area contributed by atoms with Crippen molar-refractivity contribution in [2.45, 2.75) is 145 Å². The number of ether oxygens (including phenoxy) is 5. The number of anilines is 1. The van der Waals surface area contributed by atoms with Crippen LogP contribution in [0, 0.1) is 17.8 Å². The number of likely N-dealkylation sites (N-methyl/N-ethyl adjacent to an activating group) is 1. The summed E-state index contributed by atoms with van der Waals surface area (Å²) < 4.78 is 29.4. The number of fused-ring (bicyclic) bond motifs is 5. The summed E-state index contributed by atoms with van der Waals surface area (Å²) in [7, 11) is 5.84. The van der Waals surface area contributed by atoms with Gasteiger partial charge in [-0.05, 0) is 76.5 Å². The number of rotatable bonds is 13. The second-order valence-electron chi connectivity index (χ2n) is 20.3. The molecule has 0 radical (unpaired) electrons. The van der Waals surface area contributed by atoms with Gasteiger partial charge in [-0.15, -0.1) is 16.8 Å². The molecule has 74 heavy (non-hydrogen) atoms. The Balaban J connectivity index is 0.986. The zero-order valence-electron chi connectivity index (χ0n) is 42.9. The van der Waals surface area contributed by atoms with Gasteiger partial charge in [-0.2, -0.15) is 0 Å². The van der Waals surface area contributed by atoms with E-state index in [1.807, 2.05) is 13.0 Å². The van der Waals surface area contributed by atoms with Crippen molar-refractivity contribution < 1.29 is 76.8 Å². The van der Waals surface area contributed by atoms with Crippen LogP contribution in [-0.2, 0) is 68.6 Å². The SMILES string of the molecule is COc1cc2cc(c1Cl)N(C)C(=O)C[C@H](OC(=O)[C@H](C)N(C)C(=O)CCS[C@@H]1CC(=O)N(CC3CCC(C(=O)ON4C(=O)CCC4=O)CC3)C1=O)[C@]1(C)O[C@H]1[C@H](C)[C@@H]1C[C@@](O)(NC(=O)O1)[C@H](OC)/C=C/C=C(\C)C2. The standard InChI is InChI=1S/C51H66ClN5O16S/c1-27-10-9-11-37(69-8)51(67)25-35(70-49(66)53-51)28(2)45-50(4,72-45)38(24-42(61)55(6)33-21-31(20-27)22-34(68-7)44(33)52)71-47(64)29(3)54(5)39(58)18-19-74-36-23-43(62)56(46(36)63)26-30-12-14-32(15-13-30)48(65)73-57-40(59)16-17-41(57)60/h9-11,21-22,28-30,32,35-38,45,67H,12-20,23-26H2,1-8H3,(H,53,66)/b11-9+,27-10+/t28-,29+,30?,32?,35+,36-,37-,38+,45+,50+,51+/m1/s1. The fraction of sp³-hybridized carbons (Fsp3) is 0.627. The van der Waals surface area contributed by atoms with Gasteiger partial charge < -0.3 is 43.4 Å². The maximum absolute atomic E-state index is 14.4. The smallest absolute Gasteiger partial charge is 0.409 e. The van der Waals surface area contributed by atoms with E-state index in [0.29, 0.717) is 48.6 Å². The first kappa shape index (κ1) is 56.2.